The molecule has 0 aliphatic carbocycles. The third-order valence-electron chi connectivity index (χ3n) is 2.87. The van der Waals surface area contributed by atoms with Crippen LogP contribution in [0.4, 0.5) is 5.69 Å². The fourth-order valence-electron chi connectivity index (χ4n) is 1.80. The molecule has 2 rings (SSSR count). The number of carbonyl (C=O) groups excluding carboxylic acids is 1. The van der Waals surface area contributed by atoms with Gasteiger partial charge in [0.05, 0.1) is 11.5 Å². The van der Waals surface area contributed by atoms with Gasteiger partial charge in [0.15, 0.2) is 0 Å². The molecule has 0 unspecified atom stereocenters. The smallest absolute Gasteiger partial charge is 0.341 e. The second kappa shape index (κ2) is 6.89. The highest BCUT2D eigenvalue weighted by Gasteiger charge is 2.17. The number of hydrogen-bond donors (Lipinski definition) is 2. The lowest BCUT2D eigenvalue weighted by molar-refractivity contribution is 0.0523. The van der Waals surface area contributed by atoms with Crippen LogP contribution in [0.1, 0.15) is 17.3 Å². The third-order valence-corrected chi connectivity index (χ3v) is 4.52. The lowest BCUT2D eigenvalue weighted by atomic mass is 10.2. The maximum absolute atomic E-state index is 12.3. The van der Waals surface area contributed by atoms with Crippen molar-refractivity contribution >= 4 is 33.3 Å². The number of halogens is 1. The van der Waals surface area contributed by atoms with Crippen molar-refractivity contribution in [1.82, 2.24) is 0 Å². The Balaban J connectivity index is 2.31. The number of rotatable bonds is 5. The van der Waals surface area contributed by atoms with Gasteiger partial charge in [-0.15, -0.1) is 0 Å². The summed E-state index contributed by atoms with van der Waals surface area (Å²) in [5, 5.41) is 10.1. The molecule has 0 atom stereocenters. The standard InChI is InChI=1S/C15H14ClNO5S/c1-2-22-15(19)13-9-11(5-8-14(13)18)17-23(20,21)12-6-3-10(16)4-7-12/h3-9,17-18H,2H2,1H3. The lowest BCUT2D eigenvalue weighted by Gasteiger charge is -2.10. The zero-order chi connectivity index (χ0) is 17.0. The van der Waals surface area contributed by atoms with Crippen LogP contribution in [0.5, 0.6) is 5.75 Å². The van der Waals surface area contributed by atoms with Crippen molar-refractivity contribution in [2.24, 2.45) is 0 Å². The number of hydrogen-bond acceptors (Lipinski definition) is 5. The molecule has 0 spiro atoms. The number of ether oxygens (including phenoxy) is 1. The maximum Gasteiger partial charge on any atom is 0.341 e. The Morgan fingerprint density at radius 2 is 1.87 bits per heavy atom. The van der Waals surface area contributed by atoms with Crippen LogP contribution < -0.4 is 4.72 Å². The van der Waals surface area contributed by atoms with Gasteiger partial charge >= 0.3 is 5.97 Å². The van der Waals surface area contributed by atoms with Crippen LogP contribution in [0.3, 0.4) is 0 Å². The van der Waals surface area contributed by atoms with Gasteiger partial charge in [-0.3, -0.25) is 4.72 Å². The Morgan fingerprint density at radius 1 is 1.22 bits per heavy atom. The summed E-state index contributed by atoms with van der Waals surface area (Å²) in [6.45, 7) is 1.76. The summed E-state index contributed by atoms with van der Waals surface area (Å²) in [5.41, 5.74) is 0.00367. The zero-order valence-corrected chi connectivity index (χ0v) is 13.7. The average molecular weight is 356 g/mol. The molecule has 0 aromatic heterocycles. The summed E-state index contributed by atoms with van der Waals surface area (Å²) in [7, 11) is -3.84. The van der Waals surface area contributed by atoms with E-state index in [-0.39, 0.29) is 28.5 Å². The largest absolute Gasteiger partial charge is 0.507 e. The van der Waals surface area contributed by atoms with E-state index < -0.39 is 16.0 Å². The van der Waals surface area contributed by atoms with E-state index in [4.69, 9.17) is 16.3 Å². The first-order valence-electron chi connectivity index (χ1n) is 6.62. The van der Waals surface area contributed by atoms with E-state index in [1.54, 1.807) is 6.92 Å². The molecule has 0 fully saturated rings. The highest BCUT2D eigenvalue weighted by atomic mass is 35.5. The minimum atomic E-state index is -3.84. The van der Waals surface area contributed by atoms with Gasteiger partial charge in [-0.1, -0.05) is 11.6 Å². The minimum absolute atomic E-state index is 0.0210. The predicted octanol–water partition coefficient (Wildman–Crippen LogP) is 3.02. The van der Waals surface area contributed by atoms with Crippen LogP contribution in [0, 0.1) is 0 Å². The van der Waals surface area contributed by atoms with Crippen molar-refractivity contribution in [2.45, 2.75) is 11.8 Å². The fourth-order valence-corrected chi connectivity index (χ4v) is 2.98. The molecule has 6 nitrogen and oxygen atoms in total. The molecule has 2 aromatic rings. The summed E-state index contributed by atoms with van der Waals surface area (Å²) >= 11 is 5.73. The highest BCUT2D eigenvalue weighted by Crippen LogP contribution is 2.24. The number of anilines is 1. The molecule has 122 valence electrons. The number of nitrogens with one attached hydrogen (secondary N) is 1. The number of carbonyl (C=O) groups is 1. The molecular formula is C15H14ClNO5S. The summed E-state index contributed by atoms with van der Waals surface area (Å²) < 4.78 is 31.7. The first kappa shape index (κ1) is 17.1. The van der Waals surface area contributed by atoms with E-state index in [2.05, 4.69) is 4.72 Å². The summed E-state index contributed by atoms with van der Waals surface area (Å²) in [4.78, 5) is 11.7. The second-order valence-electron chi connectivity index (χ2n) is 4.51. The normalized spacial score (nSPS) is 11.0. The van der Waals surface area contributed by atoms with Gasteiger partial charge in [0, 0.05) is 10.7 Å². The van der Waals surface area contributed by atoms with Gasteiger partial charge in [0.1, 0.15) is 11.3 Å². The monoisotopic (exact) mass is 355 g/mol. The number of esters is 1. The number of sulfonamides is 1. The van der Waals surface area contributed by atoms with E-state index in [1.807, 2.05) is 0 Å². The van der Waals surface area contributed by atoms with E-state index in [9.17, 15) is 18.3 Å². The molecule has 2 aromatic carbocycles. The molecule has 2 N–H and O–H groups in total. The summed E-state index contributed by atoms with van der Waals surface area (Å²) in [5.74, 6) is -1.03. The first-order valence-corrected chi connectivity index (χ1v) is 8.48. The minimum Gasteiger partial charge on any atom is -0.507 e. The Morgan fingerprint density at radius 3 is 2.48 bits per heavy atom. The van der Waals surface area contributed by atoms with Crippen molar-refractivity contribution in [2.75, 3.05) is 11.3 Å². The number of phenols is 1. The fraction of sp³-hybridized carbons (Fsp3) is 0.133. The zero-order valence-electron chi connectivity index (χ0n) is 12.1. The van der Waals surface area contributed by atoms with Crippen LogP contribution in [-0.4, -0.2) is 26.1 Å². The van der Waals surface area contributed by atoms with Gasteiger partial charge in [0.2, 0.25) is 0 Å². The molecule has 0 bridgehead atoms. The SMILES string of the molecule is CCOC(=O)c1cc(NS(=O)(=O)c2ccc(Cl)cc2)ccc1O. The molecule has 23 heavy (non-hydrogen) atoms. The van der Waals surface area contributed by atoms with E-state index >= 15 is 0 Å². The Kier molecular flexibility index (Phi) is 5.12. The van der Waals surface area contributed by atoms with Crippen molar-refractivity contribution in [3.8, 4) is 5.75 Å². The number of benzene rings is 2. The van der Waals surface area contributed by atoms with E-state index in [0.717, 1.165) is 0 Å². The van der Waals surface area contributed by atoms with Crippen LogP contribution >= 0.6 is 11.6 Å². The summed E-state index contributed by atoms with van der Waals surface area (Å²) in [6.07, 6.45) is 0. The van der Waals surface area contributed by atoms with Gasteiger partial charge < -0.3 is 9.84 Å². The van der Waals surface area contributed by atoms with Gasteiger partial charge in [-0.05, 0) is 49.4 Å². The molecular weight excluding hydrogens is 342 g/mol. The number of phenolic OH excluding ortho intramolecular Hbond substituents is 1. The molecule has 0 aliphatic heterocycles. The molecule has 0 amide bonds. The van der Waals surface area contributed by atoms with Crippen molar-refractivity contribution in [1.29, 1.82) is 0 Å². The van der Waals surface area contributed by atoms with Gasteiger partial charge in [-0.25, -0.2) is 13.2 Å². The molecule has 8 heteroatoms. The molecule has 0 heterocycles. The lowest BCUT2D eigenvalue weighted by Crippen LogP contribution is -2.13. The van der Waals surface area contributed by atoms with Crippen LogP contribution in [0.15, 0.2) is 47.4 Å². The summed E-state index contributed by atoms with van der Waals surface area (Å²) in [6, 6.07) is 9.39. The quantitative estimate of drug-likeness (QED) is 0.635. The number of aromatic hydroxyl groups is 1. The molecule has 0 saturated carbocycles. The van der Waals surface area contributed by atoms with Crippen LogP contribution in [0.2, 0.25) is 5.02 Å². The van der Waals surface area contributed by atoms with Crippen molar-refractivity contribution in [3.05, 3.63) is 53.1 Å². The molecule has 0 aliphatic rings. The first-order chi connectivity index (χ1) is 10.8. The van der Waals surface area contributed by atoms with Gasteiger partial charge in [-0.2, -0.15) is 0 Å². The second-order valence-corrected chi connectivity index (χ2v) is 6.63. The van der Waals surface area contributed by atoms with Crippen molar-refractivity contribution < 1.29 is 23.1 Å². The highest BCUT2D eigenvalue weighted by molar-refractivity contribution is 7.92. The predicted molar refractivity (Wildman–Crippen MR) is 86.3 cm³/mol. The topological polar surface area (TPSA) is 92.7 Å². The Labute approximate surface area is 138 Å². The molecule has 0 radical (unpaired) electrons. The van der Waals surface area contributed by atoms with E-state index in [0.29, 0.717) is 5.02 Å². The van der Waals surface area contributed by atoms with Crippen LogP contribution in [0.25, 0.3) is 0 Å². The third kappa shape index (κ3) is 4.14. The van der Waals surface area contributed by atoms with E-state index in [1.165, 1.54) is 42.5 Å². The average Bonchev–Trinajstić information content (AvgIpc) is 2.49. The van der Waals surface area contributed by atoms with Gasteiger partial charge in [0.25, 0.3) is 10.0 Å². The van der Waals surface area contributed by atoms with Crippen LogP contribution in [-0.2, 0) is 14.8 Å². The van der Waals surface area contributed by atoms with Crippen molar-refractivity contribution in [3.63, 3.8) is 0 Å². The Hall–Kier alpha value is -2.25. The maximum atomic E-state index is 12.3. The molecule has 0 saturated heterocycles. The Bertz CT molecular complexity index is 818.